The highest BCUT2D eigenvalue weighted by Crippen LogP contribution is 2.35. The van der Waals surface area contributed by atoms with E-state index in [-0.39, 0.29) is 23.5 Å². The Kier molecular flexibility index (Phi) is 3.22. The summed E-state index contributed by atoms with van der Waals surface area (Å²) in [6, 6.07) is 0. The van der Waals surface area contributed by atoms with Crippen molar-refractivity contribution in [1.29, 1.82) is 0 Å². The molecular formula is C8H10BrN3O4. The summed E-state index contributed by atoms with van der Waals surface area (Å²) in [5.41, 5.74) is 0. The highest BCUT2D eigenvalue weighted by Gasteiger charge is 2.39. The molecule has 1 fully saturated rings. The minimum absolute atomic E-state index is 0.0717. The lowest BCUT2D eigenvalue weighted by Crippen LogP contribution is -2.17. The van der Waals surface area contributed by atoms with Crippen molar-refractivity contribution in [1.82, 2.24) is 9.55 Å². The normalized spacial score (nSPS) is 29.5. The van der Waals surface area contributed by atoms with Crippen LogP contribution in [-0.2, 0) is 4.74 Å². The Balaban J connectivity index is 2.24. The molecule has 1 aliphatic rings. The predicted octanol–water partition coefficient (Wildman–Crippen LogP) is 0.835. The van der Waals surface area contributed by atoms with Crippen LogP contribution >= 0.6 is 15.9 Å². The number of aliphatic hydroxyl groups is 1. The number of halogens is 1. The Morgan fingerprint density at radius 1 is 1.81 bits per heavy atom. The Bertz CT molecular complexity index is 396. The average molecular weight is 292 g/mol. The van der Waals surface area contributed by atoms with Crippen LogP contribution in [0, 0.1) is 10.1 Å². The van der Waals surface area contributed by atoms with Crippen LogP contribution in [-0.4, -0.2) is 37.1 Å². The number of nitrogens with zero attached hydrogens (tertiary/aromatic N) is 3. The van der Waals surface area contributed by atoms with Crippen LogP contribution in [0.1, 0.15) is 12.6 Å². The van der Waals surface area contributed by atoms with Gasteiger partial charge in [-0.15, -0.1) is 0 Å². The standard InChI is InChI=1S/C8H10BrN3O4/c9-6-3-5(4-13)16-7(6)11-2-1-10-8(11)12(14)15/h1-2,5-7,13H,3-4H2/t5-,6-,7?/m0/s1. The zero-order valence-electron chi connectivity index (χ0n) is 8.19. The number of aromatic nitrogens is 2. The van der Waals surface area contributed by atoms with Crippen LogP contribution < -0.4 is 0 Å². The SMILES string of the molecule is O=[N+]([O-])c1nccn1C1O[C@H](CO)C[C@@H]1Br. The number of aliphatic hydroxyl groups excluding tert-OH is 1. The minimum Gasteiger partial charge on any atom is -0.394 e. The molecule has 0 aliphatic carbocycles. The van der Waals surface area contributed by atoms with E-state index >= 15 is 0 Å². The highest BCUT2D eigenvalue weighted by atomic mass is 79.9. The molecule has 0 aromatic carbocycles. The van der Waals surface area contributed by atoms with Crippen LogP contribution in [0.5, 0.6) is 0 Å². The molecular weight excluding hydrogens is 282 g/mol. The largest absolute Gasteiger partial charge is 0.436 e. The number of ether oxygens (including phenoxy) is 1. The van der Waals surface area contributed by atoms with Crippen LogP contribution in [0.2, 0.25) is 0 Å². The molecule has 2 heterocycles. The maximum Gasteiger partial charge on any atom is 0.436 e. The summed E-state index contributed by atoms with van der Waals surface area (Å²) in [7, 11) is 0. The van der Waals surface area contributed by atoms with Crippen molar-refractivity contribution in [2.75, 3.05) is 6.61 Å². The van der Waals surface area contributed by atoms with Gasteiger partial charge in [0.25, 0.3) is 0 Å². The average Bonchev–Trinajstić information content (AvgIpc) is 2.82. The zero-order chi connectivity index (χ0) is 11.7. The van der Waals surface area contributed by atoms with Crippen molar-refractivity contribution < 1.29 is 14.8 Å². The van der Waals surface area contributed by atoms with Gasteiger partial charge in [0.2, 0.25) is 0 Å². The van der Waals surface area contributed by atoms with Gasteiger partial charge in [-0.2, -0.15) is 0 Å². The van der Waals surface area contributed by atoms with Gasteiger partial charge in [-0.1, -0.05) is 20.9 Å². The monoisotopic (exact) mass is 291 g/mol. The second-order valence-corrected chi connectivity index (χ2v) is 4.65. The van der Waals surface area contributed by atoms with E-state index in [0.717, 1.165) is 0 Å². The molecule has 0 spiro atoms. The summed E-state index contributed by atoms with van der Waals surface area (Å²) < 4.78 is 6.84. The molecule has 1 unspecified atom stereocenters. The first-order chi connectivity index (χ1) is 7.63. The van der Waals surface area contributed by atoms with E-state index in [2.05, 4.69) is 20.9 Å². The number of rotatable bonds is 3. The number of imidazole rings is 1. The molecule has 0 bridgehead atoms. The third kappa shape index (κ3) is 1.95. The summed E-state index contributed by atoms with van der Waals surface area (Å²) in [5, 5.41) is 19.7. The fourth-order valence-electron chi connectivity index (χ4n) is 1.71. The lowest BCUT2D eigenvalue weighted by molar-refractivity contribution is -0.398. The minimum atomic E-state index is -0.560. The fraction of sp³-hybridized carbons (Fsp3) is 0.625. The maximum absolute atomic E-state index is 10.7. The van der Waals surface area contributed by atoms with Gasteiger partial charge >= 0.3 is 5.95 Å². The summed E-state index contributed by atoms with van der Waals surface area (Å²) in [4.78, 5) is 13.7. The van der Waals surface area contributed by atoms with Gasteiger partial charge < -0.3 is 20.0 Å². The van der Waals surface area contributed by atoms with E-state index in [9.17, 15) is 10.1 Å². The number of hydrogen-bond acceptors (Lipinski definition) is 5. The Morgan fingerprint density at radius 3 is 3.12 bits per heavy atom. The molecule has 0 saturated carbocycles. The Hall–Kier alpha value is -0.990. The molecule has 3 atom stereocenters. The van der Waals surface area contributed by atoms with Crippen molar-refractivity contribution in [3.8, 4) is 0 Å². The smallest absolute Gasteiger partial charge is 0.394 e. The van der Waals surface area contributed by atoms with E-state index in [4.69, 9.17) is 9.84 Å². The molecule has 0 amide bonds. The van der Waals surface area contributed by atoms with E-state index < -0.39 is 11.2 Å². The van der Waals surface area contributed by atoms with E-state index in [1.807, 2.05) is 0 Å². The molecule has 7 nitrogen and oxygen atoms in total. The predicted molar refractivity (Wildman–Crippen MR) is 57.2 cm³/mol. The maximum atomic E-state index is 10.7. The van der Waals surface area contributed by atoms with Crippen molar-refractivity contribution in [2.24, 2.45) is 0 Å². The van der Waals surface area contributed by atoms with Crippen molar-refractivity contribution in [3.05, 3.63) is 22.5 Å². The molecule has 88 valence electrons. The fourth-order valence-corrected chi connectivity index (χ4v) is 2.50. The number of nitro groups is 1. The van der Waals surface area contributed by atoms with Gasteiger partial charge in [-0.05, 0) is 11.3 Å². The third-order valence-corrected chi connectivity index (χ3v) is 3.24. The van der Waals surface area contributed by atoms with Gasteiger partial charge in [0.15, 0.2) is 6.23 Å². The van der Waals surface area contributed by atoms with Crippen molar-refractivity contribution in [3.63, 3.8) is 0 Å². The quantitative estimate of drug-likeness (QED) is 0.506. The van der Waals surface area contributed by atoms with Crippen LogP contribution in [0.3, 0.4) is 0 Å². The third-order valence-electron chi connectivity index (χ3n) is 2.42. The van der Waals surface area contributed by atoms with Crippen molar-refractivity contribution in [2.45, 2.75) is 23.6 Å². The van der Waals surface area contributed by atoms with Gasteiger partial charge in [0.05, 0.1) is 17.5 Å². The van der Waals surface area contributed by atoms with Crippen LogP contribution in [0.25, 0.3) is 0 Å². The Labute approximate surface area is 99.3 Å². The summed E-state index contributed by atoms with van der Waals surface area (Å²) in [6.45, 7) is -0.0961. The first-order valence-corrected chi connectivity index (χ1v) is 5.62. The lowest BCUT2D eigenvalue weighted by Gasteiger charge is -2.12. The van der Waals surface area contributed by atoms with Gasteiger partial charge in [-0.25, -0.2) is 4.57 Å². The molecule has 1 aliphatic heterocycles. The summed E-state index contributed by atoms with van der Waals surface area (Å²) >= 11 is 3.38. The molecule has 2 rings (SSSR count). The molecule has 1 saturated heterocycles. The molecule has 1 aromatic rings. The summed E-state index contributed by atoms with van der Waals surface area (Å²) in [5.74, 6) is -0.256. The summed E-state index contributed by atoms with van der Waals surface area (Å²) in [6.07, 6.45) is 2.66. The highest BCUT2D eigenvalue weighted by molar-refractivity contribution is 9.09. The Morgan fingerprint density at radius 2 is 2.56 bits per heavy atom. The second kappa shape index (κ2) is 4.48. The molecule has 16 heavy (non-hydrogen) atoms. The molecule has 1 N–H and O–H groups in total. The van der Waals surface area contributed by atoms with Crippen LogP contribution in [0.15, 0.2) is 12.4 Å². The number of alkyl halides is 1. The molecule has 1 aromatic heterocycles. The lowest BCUT2D eigenvalue weighted by atomic mass is 10.2. The van der Waals surface area contributed by atoms with Gasteiger partial charge in [0.1, 0.15) is 12.4 Å². The second-order valence-electron chi connectivity index (χ2n) is 3.47. The van der Waals surface area contributed by atoms with E-state index in [0.29, 0.717) is 6.42 Å². The van der Waals surface area contributed by atoms with Gasteiger partial charge in [0, 0.05) is 0 Å². The first-order valence-electron chi connectivity index (χ1n) is 4.71. The van der Waals surface area contributed by atoms with E-state index in [1.165, 1.54) is 17.0 Å². The molecule has 0 radical (unpaired) electrons. The van der Waals surface area contributed by atoms with Crippen molar-refractivity contribution >= 4 is 21.9 Å². The van der Waals surface area contributed by atoms with E-state index in [1.54, 1.807) is 0 Å². The first kappa shape index (κ1) is 11.5. The number of hydrogen-bond donors (Lipinski definition) is 1. The van der Waals surface area contributed by atoms with Crippen LogP contribution in [0.4, 0.5) is 5.95 Å². The topological polar surface area (TPSA) is 90.4 Å². The van der Waals surface area contributed by atoms with Gasteiger partial charge in [-0.3, -0.25) is 0 Å². The zero-order valence-corrected chi connectivity index (χ0v) is 9.78. The molecule has 8 heteroatoms.